The van der Waals surface area contributed by atoms with Gasteiger partial charge in [-0.25, -0.2) is 0 Å². The van der Waals surface area contributed by atoms with Gasteiger partial charge in [-0.2, -0.15) is 0 Å². The minimum atomic E-state index is -0.341. The Morgan fingerprint density at radius 3 is 2.54 bits per heavy atom. The van der Waals surface area contributed by atoms with Crippen LogP contribution in [0.5, 0.6) is 0 Å². The number of nitrogens with zero attached hydrogens (tertiary/aromatic N) is 1. The summed E-state index contributed by atoms with van der Waals surface area (Å²) in [5.74, 6) is -0.597. The molecule has 0 aliphatic carbocycles. The minimum Gasteiger partial charge on any atom is -0.378 e. The Hall–Kier alpha value is -0.990. The maximum Gasteiger partial charge on any atom is 0.269 e. The van der Waals surface area contributed by atoms with Crippen LogP contribution < -0.4 is 10.6 Å². The highest BCUT2D eigenvalue weighted by Gasteiger charge is 2.35. The maximum atomic E-state index is 12.8. The molecule has 1 aromatic heterocycles. The third kappa shape index (κ3) is 4.46. The van der Waals surface area contributed by atoms with Gasteiger partial charge in [-0.3, -0.25) is 9.59 Å². The lowest BCUT2D eigenvalue weighted by Crippen LogP contribution is -2.56. The molecule has 26 heavy (non-hydrogen) atoms. The first-order chi connectivity index (χ1) is 12.0. The van der Waals surface area contributed by atoms with E-state index in [-0.39, 0.29) is 46.9 Å². The fraction of sp³-hybridized carbons (Fsp3) is 0.625. The number of hydrogen-bond acceptors (Lipinski definition) is 4. The van der Waals surface area contributed by atoms with Gasteiger partial charge in [0.25, 0.3) is 5.91 Å². The molecule has 0 spiro atoms. The maximum absolute atomic E-state index is 12.8. The van der Waals surface area contributed by atoms with Crippen LogP contribution in [-0.2, 0) is 9.53 Å². The van der Waals surface area contributed by atoms with Crippen LogP contribution in [0.15, 0.2) is 0 Å². The average Bonchev–Trinajstić information content (AvgIpc) is 2.90. The predicted octanol–water partition coefficient (Wildman–Crippen LogP) is 1.62. The number of carbonyl (C=O) groups excluding carboxylic acids is 2. The third-order valence-corrected chi connectivity index (χ3v) is 5.67. The zero-order chi connectivity index (χ0) is 18.0. The van der Waals surface area contributed by atoms with Gasteiger partial charge in [0.15, 0.2) is 0 Å². The van der Waals surface area contributed by atoms with Gasteiger partial charge in [-0.1, -0.05) is 23.2 Å². The number of amides is 2. The van der Waals surface area contributed by atoms with Gasteiger partial charge in [0.05, 0.1) is 29.2 Å². The molecule has 3 heterocycles. The highest BCUT2D eigenvalue weighted by Crippen LogP contribution is 2.29. The number of hydrogen-bond donors (Lipinski definition) is 3. The van der Waals surface area contributed by atoms with Crippen molar-refractivity contribution in [3.05, 3.63) is 21.4 Å². The van der Waals surface area contributed by atoms with Crippen molar-refractivity contribution in [2.45, 2.75) is 19.4 Å². The molecule has 0 unspecified atom stereocenters. The Bertz CT molecular complexity index is 661. The van der Waals surface area contributed by atoms with E-state index >= 15 is 0 Å². The van der Waals surface area contributed by atoms with Gasteiger partial charge < -0.3 is 25.3 Å². The summed E-state index contributed by atoms with van der Waals surface area (Å²) < 4.78 is 5.30. The number of rotatable bonds is 3. The van der Waals surface area contributed by atoms with Crippen LogP contribution in [0, 0.1) is 12.8 Å². The summed E-state index contributed by atoms with van der Waals surface area (Å²) in [4.78, 5) is 30.1. The second-order valence-electron chi connectivity index (χ2n) is 6.37. The fourth-order valence-electron chi connectivity index (χ4n) is 3.28. The quantitative estimate of drug-likeness (QED) is 0.687. The van der Waals surface area contributed by atoms with Gasteiger partial charge in [-0.15, -0.1) is 12.4 Å². The molecule has 10 heteroatoms. The summed E-state index contributed by atoms with van der Waals surface area (Å²) in [5.41, 5.74) is 0.878. The lowest BCUT2D eigenvalue weighted by molar-refractivity contribution is -0.140. The Labute approximate surface area is 168 Å². The molecule has 2 aliphatic heterocycles. The van der Waals surface area contributed by atoms with Crippen LogP contribution in [0.1, 0.15) is 22.6 Å². The molecule has 2 aliphatic rings. The monoisotopic (exact) mass is 424 g/mol. The summed E-state index contributed by atoms with van der Waals surface area (Å²) >= 11 is 12.2. The number of aromatic nitrogens is 1. The zero-order valence-corrected chi connectivity index (χ0v) is 16.8. The van der Waals surface area contributed by atoms with Crippen LogP contribution in [0.2, 0.25) is 10.0 Å². The number of morpholine rings is 1. The zero-order valence-electron chi connectivity index (χ0n) is 14.4. The number of ether oxygens (including phenoxy) is 1. The van der Waals surface area contributed by atoms with Crippen LogP contribution in [-0.4, -0.2) is 67.1 Å². The van der Waals surface area contributed by atoms with Crippen molar-refractivity contribution >= 4 is 47.4 Å². The first-order valence-electron chi connectivity index (χ1n) is 8.40. The number of piperidine rings is 1. The molecule has 146 valence electrons. The van der Waals surface area contributed by atoms with E-state index in [0.717, 1.165) is 6.54 Å². The van der Waals surface area contributed by atoms with E-state index in [4.69, 9.17) is 27.9 Å². The van der Waals surface area contributed by atoms with Gasteiger partial charge in [0.1, 0.15) is 5.69 Å². The molecule has 3 N–H and O–H groups in total. The SMILES string of the molecule is Cc1[nH]c(C(=O)N[C@@H]2CCNC[C@H]2C(=O)N2CCOCC2)c(Cl)c1Cl.Cl. The summed E-state index contributed by atoms with van der Waals surface area (Å²) in [6, 6.07) is -0.248. The molecule has 3 rings (SSSR count). The molecular weight excluding hydrogens is 403 g/mol. The van der Waals surface area contributed by atoms with E-state index in [2.05, 4.69) is 15.6 Å². The molecule has 0 radical (unpaired) electrons. The normalized spacial score (nSPS) is 23.3. The van der Waals surface area contributed by atoms with Gasteiger partial charge in [-0.05, 0) is 19.9 Å². The van der Waals surface area contributed by atoms with Crippen molar-refractivity contribution in [2.75, 3.05) is 39.4 Å². The second-order valence-corrected chi connectivity index (χ2v) is 7.13. The molecule has 0 saturated carbocycles. The standard InChI is InChI=1S/C16H22Cl2N4O3.ClH/c1-9-12(17)13(18)14(20-9)15(23)21-11-2-3-19-8-10(11)16(24)22-4-6-25-7-5-22;/h10-11,19-20H,2-8H2,1H3,(H,21,23);1H/t10-,11-;/m1./s1. The number of carbonyl (C=O) groups is 2. The van der Waals surface area contributed by atoms with Gasteiger partial charge in [0.2, 0.25) is 5.91 Å². The second kappa shape index (κ2) is 9.28. The highest BCUT2D eigenvalue weighted by molar-refractivity contribution is 6.44. The Kier molecular flexibility index (Phi) is 7.61. The van der Waals surface area contributed by atoms with Crippen molar-refractivity contribution < 1.29 is 14.3 Å². The van der Waals surface area contributed by atoms with E-state index in [1.807, 2.05) is 4.90 Å². The van der Waals surface area contributed by atoms with Gasteiger partial charge >= 0.3 is 0 Å². The van der Waals surface area contributed by atoms with Crippen LogP contribution >= 0.6 is 35.6 Å². The summed E-state index contributed by atoms with van der Waals surface area (Å²) in [6.07, 6.45) is 0.678. The average molecular weight is 426 g/mol. The van der Waals surface area contributed by atoms with Crippen molar-refractivity contribution in [3.63, 3.8) is 0 Å². The molecular formula is C16H23Cl3N4O3. The highest BCUT2D eigenvalue weighted by atomic mass is 35.5. The molecule has 2 saturated heterocycles. The first-order valence-corrected chi connectivity index (χ1v) is 9.16. The topological polar surface area (TPSA) is 86.5 Å². The van der Waals surface area contributed by atoms with E-state index in [1.165, 1.54) is 0 Å². The largest absolute Gasteiger partial charge is 0.378 e. The Morgan fingerprint density at radius 2 is 1.92 bits per heavy atom. The molecule has 2 atom stereocenters. The summed E-state index contributed by atoms with van der Waals surface area (Å²) in [7, 11) is 0. The Balaban J connectivity index is 0.00000243. The Morgan fingerprint density at radius 1 is 1.23 bits per heavy atom. The molecule has 2 amide bonds. The number of nitrogens with one attached hydrogen (secondary N) is 3. The lowest BCUT2D eigenvalue weighted by atomic mass is 9.91. The number of halogens is 3. The van der Waals surface area contributed by atoms with Crippen LogP contribution in [0.3, 0.4) is 0 Å². The molecule has 7 nitrogen and oxygen atoms in total. The molecule has 2 fully saturated rings. The molecule has 0 bridgehead atoms. The van der Waals surface area contributed by atoms with E-state index < -0.39 is 0 Å². The van der Waals surface area contributed by atoms with Crippen molar-refractivity contribution in [2.24, 2.45) is 5.92 Å². The number of H-pyrrole nitrogens is 1. The van der Waals surface area contributed by atoms with E-state index in [0.29, 0.717) is 50.0 Å². The van der Waals surface area contributed by atoms with Crippen LogP contribution in [0.4, 0.5) is 0 Å². The third-order valence-electron chi connectivity index (χ3n) is 4.72. The minimum absolute atomic E-state index is 0. The predicted molar refractivity (Wildman–Crippen MR) is 102 cm³/mol. The summed E-state index contributed by atoms with van der Waals surface area (Å²) in [6.45, 7) is 5.33. The summed E-state index contributed by atoms with van der Waals surface area (Å²) in [5, 5.41) is 6.75. The van der Waals surface area contributed by atoms with E-state index in [1.54, 1.807) is 6.92 Å². The molecule has 1 aromatic rings. The van der Waals surface area contributed by atoms with Crippen molar-refractivity contribution in [3.8, 4) is 0 Å². The number of aromatic amines is 1. The fourth-order valence-corrected chi connectivity index (χ4v) is 3.69. The van der Waals surface area contributed by atoms with Crippen molar-refractivity contribution in [1.29, 1.82) is 0 Å². The first kappa shape index (κ1) is 21.3. The van der Waals surface area contributed by atoms with Crippen LogP contribution in [0.25, 0.3) is 0 Å². The van der Waals surface area contributed by atoms with E-state index in [9.17, 15) is 9.59 Å². The molecule has 0 aromatic carbocycles. The van der Waals surface area contributed by atoms with Crippen molar-refractivity contribution in [1.82, 2.24) is 20.5 Å². The lowest BCUT2D eigenvalue weighted by Gasteiger charge is -2.36. The van der Waals surface area contributed by atoms with Gasteiger partial charge in [0, 0.05) is 31.4 Å². The smallest absolute Gasteiger partial charge is 0.269 e. The number of aryl methyl sites for hydroxylation is 1.